The molecule has 1 aromatic rings. The van der Waals surface area contributed by atoms with Gasteiger partial charge in [0, 0.05) is 18.5 Å². The Kier molecular flexibility index (Phi) is 2.91. The predicted octanol–water partition coefficient (Wildman–Crippen LogP) is 1.65. The summed E-state index contributed by atoms with van der Waals surface area (Å²) in [5.41, 5.74) is 1.92. The van der Waals surface area contributed by atoms with Crippen molar-refractivity contribution < 1.29 is 9.84 Å². The Morgan fingerprint density at radius 1 is 1.50 bits per heavy atom. The second-order valence-electron chi connectivity index (χ2n) is 4.95. The number of hydrogen-bond acceptors (Lipinski definition) is 3. The van der Waals surface area contributed by atoms with Crippen LogP contribution in [0.15, 0.2) is 18.2 Å². The predicted molar refractivity (Wildman–Crippen MR) is 63.7 cm³/mol. The summed E-state index contributed by atoms with van der Waals surface area (Å²) in [5.74, 6) is 0.871. The molecule has 0 spiro atoms. The van der Waals surface area contributed by atoms with Crippen LogP contribution in [0.5, 0.6) is 5.75 Å². The van der Waals surface area contributed by atoms with Gasteiger partial charge in [-0.3, -0.25) is 0 Å². The van der Waals surface area contributed by atoms with Crippen molar-refractivity contribution in [2.75, 3.05) is 13.6 Å². The molecule has 0 bridgehead atoms. The molecule has 0 saturated heterocycles. The first-order valence-corrected chi connectivity index (χ1v) is 5.67. The van der Waals surface area contributed by atoms with Crippen molar-refractivity contribution in [1.82, 2.24) is 5.32 Å². The Balaban J connectivity index is 2.33. The largest absolute Gasteiger partial charge is 0.487 e. The monoisotopic (exact) mass is 221 g/mol. The molecule has 1 unspecified atom stereocenters. The lowest BCUT2D eigenvalue weighted by Gasteiger charge is -2.19. The van der Waals surface area contributed by atoms with Gasteiger partial charge in [-0.15, -0.1) is 0 Å². The minimum atomic E-state index is -0.506. The van der Waals surface area contributed by atoms with Gasteiger partial charge < -0.3 is 15.2 Å². The summed E-state index contributed by atoms with van der Waals surface area (Å²) in [6.07, 6.45) is 0.400. The molecule has 0 aromatic heterocycles. The number of benzene rings is 1. The van der Waals surface area contributed by atoms with Crippen LogP contribution < -0.4 is 10.1 Å². The van der Waals surface area contributed by atoms with E-state index in [0.717, 1.165) is 17.7 Å². The average molecular weight is 221 g/mol. The van der Waals surface area contributed by atoms with Gasteiger partial charge in [0.05, 0.1) is 6.10 Å². The molecule has 0 fully saturated rings. The first kappa shape index (κ1) is 11.4. The molecule has 1 aliphatic heterocycles. The van der Waals surface area contributed by atoms with Gasteiger partial charge >= 0.3 is 0 Å². The zero-order chi connectivity index (χ0) is 11.8. The van der Waals surface area contributed by atoms with Crippen molar-refractivity contribution in [2.24, 2.45) is 0 Å². The van der Waals surface area contributed by atoms with Crippen molar-refractivity contribution in [3.63, 3.8) is 0 Å². The minimum Gasteiger partial charge on any atom is -0.487 e. The van der Waals surface area contributed by atoms with Gasteiger partial charge in [-0.1, -0.05) is 18.2 Å². The van der Waals surface area contributed by atoms with Gasteiger partial charge in [-0.25, -0.2) is 0 Å². The van der Waals surface area contributed by atoms with Crippen LogP contribution in [0.3, 0.4) is 0 Å². The normalized spacial score (nSPS) is 19.0. The summed E-state index contributed by atoms with van der Waals surface area (Å²) in [5, 5.41) is 13.0. The highest BCUT2D eigenvalue weighted by atomic mass is 16.5. The van der Waals surface area contributed by atoms with Crippen LogP contribution in [0, 0.1) is 0 Å². The SMILES string of the molecule is CNCC(O)c1cccc2c1OC(C)(C)C2. The molecule has 16 heavy (non-hydrogen) atoms. The van der Waals surface area contributed by atoms with Gasteiger partial charge in [0.1, 0.15) is 11.4 Å². The number of aliphatic hydroxyl groups is 1. The third-order valence-corrected chi connectivity index (χ3v) is 2.88. The number of aliphatic hydroxyl groups excluding tert-OH is 1. The maximum Gasteiger partial charge on any atom is 0.129 e. The number of fused-ring (bicyclic) bond motifs is 1. The van der Waals surface area contributed by atoms with Crippen molar-refractivity contribution in [3.8, 4) is 5.75 Å². The molecule has 3 nitrogen and oxygen atoms in total. The molecule has 0 radical (unpaired) electrons. The molecular weight excluding hydrogens is 202 g/mol. The Bertz CT molecular complexity index is 388. The van der Waals surface area contributed by atoms with Crippen molar-refractivity contribution in [2.45, 2.75) is 32.0 Å². The summed E-state index contributed by atoms with van der Waals surface area (Å²) in [6, 6.07) is 5.99. The highest BCUT2D eigenvalue weighted by Crippen LogP contribution is 2.39. The second kappa shape index (κ2) is 4.07. The van der Waals surface area contributed by atoms with E-state index in [-0.39, 0.29) is 5.60 Å². The first-order chi connectivity index (χ1) is 7.53. The van der Waals surface area contributed by atoms with Crippen LogP contribution in [-0.4, -0.2) is 24.3 Å². The number of rotatable bonds is 3. The van der Waals surface area contributed by atoms with Crippen molar-refractivity contribution >= 4 is 0 Å². The van der Waals surface area contributed by atoms with Crippen molar-refractivity contribution in [3.05, 3.63) is 29.3 Å². The van der Waals surface area contributed by atoms with Crippen LogP contribution in [0.1, 0.15) is 31.1 Å². The summed E-state index contributed by atoms with van der Waals surface area (Å²) in [4.78, 5) is 0. The molecule has 0 aliphatic carbocycles. The Morgan fingerprint density at radius 3 is 2.94 bits per heavy atom. The van der Waals surface area contributed by atoms with Gasteiger partial charge in [-0.2, -0.15) is 0 Å². The maximum absolute atomic E-state index is 10.0. The van der Waals surface area contributed by atoms with E-state index < -0.39 is 6.10 Å². The fourth-order valence-electron chi connectivity index (χ4n) is 2.21. The van der Waals surface area contributed by atoms with E-state index >= 15 is 0 Å². The van der Waals surface area contributed by atoms with Crippen LogP contribution in [-0.2, 0) is 6.42 Å². The molecule has 2 rings (SSSR count). The standard InChI is InChI=1S/C13H19NO2/c1-13(2)7-9-5-4-6-10(12(9)16-13)11(15)8-14-3/h4-6,11,14-15H,7-8H2,1-3H3. The van der Waals surface area contributed by atoms with Gasteiger partial charge in [0.25, 0.3) is 0 Å². The highest BCUT2D eigenvalue weighted by molar-refractivity contribution is 5.46. The van der Waals surface area contributed by atoms with Gasteiger partial charge in [0.2, 0.25) is 0 Å². The number of ether oxygens (including phenoxy) is 1. The van der Waals surface area contributed by atoms with E-state index in [1.54, 1.807) is 0 Å². The molecule has 3 heteroatoms. The van der Waals surface area contributed by atoms with Crippen LogP contribution in [0.4, 0.5) is 0 Å². The zero-order valence-electron chi connectivity index (χ0n) is 10.1. The number of hydrogen-bond donors (Lipinski definition) is 2. The lowest BCUT2D eigenvalue weighted by Crippen LogP contribution is -2.25. The third kappa shape index (κ3) is 2.06. The highest BCUT2D eigenvalue weighted by Gasteiger charge is 2.32. The fraction of sp³-hybridized carbons (Fsp3) is 0.538. The molecule has 1 aromatic carbocycles. The molecule has 1 heterocycles. The van der Waals surface area contributed by atoms with Gasteiger partial charge in [-0.05, 0) is 26.5 Å². The molecule has 1 aliphatic rings. The fourth-order valence-corrected chi connectivity index (χ4v) is 2.21. The average Bonchev–Trinajstić information content (AvgIpc) is 2.51. The molecule has 1 atom stereocenters. The van der Waals surface area contributed by atoms with E-state index in [2.05, 4.69) is 25.2 Å². The number of likely N-dealkylation sites (N-methyl/N-ethyl adjacent to an activating group) is 1. The van der Waals surface area contributed by atoms with E-state index in [1.165, 1.54) is 5.56 Å². The topological polar surface area (TPSA) is 41.5 Å². The van der Waals surface area contributed by atoms with Crippen LogP contribution >= 0.6 is 0 Å². The number of nitrogens with one attached hydrogen (secondary N) is 1. The molecular formula is C13H19NO2. The first-order valence-electron chi connectivity index (χ1n) is 5.67. The van der Waals surface area contributed by atoms with E-state index in [0.29, 0.717) is 6.54 Å². The second-order valence-corrected chi connectivity index (χ2v) is 4.95. The van der Waals surface area contributed by atoms with E-state index in [9.17, 15) is 5.11 Å². The third-order valence-electron chi connectivity index (χ3n) is 2.88. The Morgan fingerprint density at radius 2 is 2.25 bits per heavy atom. The number of para-hydroxylation sites is 1. The minimum absolute atomic E-state index is 0.155. The molecule has 88 valence electrons. The zero-order valence-corrected chi connectivity index (χ0v) is 10.1. The van der Waals surface area contributed by atoms with Crippen molar-refractivity contribution in [1.29, 1.82) is 0 Å². The lowest BCUT2D eigenvalue weighted by molar-refractivity contribution is 0.126. The molecule has 0 saturated carbocycles. The van der Waals surface area contributed by atoms with E-state index in [4.69, 9.17) is 4.74 Å². The molecule has 0 amide bonds. The Labute approximate surface area is 96.4 Å². The summed E-state index contributed by atoms with van der Waals surface area (Å²) in [6.45, 7) is 4.68. The Hall–Kier alpha value is -1.06. The quantitative estimate of drug-likeness (QED) is 0.815. The van der Waals surface area contributed by atoms with Crippen LogP contribution in [0.25, 0.3) is 0 Å². The summed E-state index contributed by atoms with van der Waals surface area (Å²) < 4.78 is 5.91. The summed E-state index contributed by atoms with van der Waals surface area (Å²) in [7, 11) is 1.83. The molecule has 2 N–H and O–H groups in total. The smallest absolute Gasteiger partial charge is 0.129 e. The van der Waals surface area contributed by atoms with Crippen LogP contribution in [0.2, 0.25) is 0 Å². The van der Waals surface area contributed by atoms with E-state index in [1.807, 2.05) is 19.2 Å². The summed E-state index contributed by atoms with van der Waals surface area (Å²) >= 11 is 0. The maximum atomic E-state index is 10.0. The lowest BCUT2D eigenvalue weighted by atomic mass is 9.99. The van der Waals surface area contributed by atoms with Gasteiger partial charge in [0.15, 0.2) is 0 Å².